The lowest BCUT2D eigenvalue weighted by Crippen LogP contribution is -2.45. The molecule has 0 aromatic rings. The van der Waals surface area contributed by atoms with Gasteiger partial charge in [0.2, 0.25) is 5.91 Å². The van der Waals surface area contributed by atoms with E-state index in [1.807, 2.05) is 6.92 Å². The van der Waals surface area contributed by atoms with Gasteiger partial charge >= 0.3 is 0 Å². The summed E-state index contributed by atoms with van der Waals surface area (Å²) in [5.41, 5.74) is 0. The Labute approximate surface area is 79.8 Å². The van der Waals surface area contributed by atoms with Crippen molar-refractivity contribution in [2.75, 3.05) is 20.1 Å². The van der Waals surface area contributed by atoms with Gasteiger partial charge in [0, 0.05) is 12.6 Å². The van der Waals surface area contributed by atoms with Gasteiger partial charge in [-0.2, -0.15) is 0 Å². The number of amides is 1. The number of carbonyl (C=O) groups excluding carboxylic acids is 1. The van der Waals surface area contributed by atoms with Gasteiger partial charge < -0.3 is 10.2 Å². The van der Waals surface area contributed by atoms with Crippen LogP contribution in [0.1, 0.15) is 19.8 Å². The highest BCUT2D eigenvalue weighted by Gasteiger charge is 2.17. The topological polar surface area (TPSA) is 32.3 Å². The van der Waals surface area contributed by atoms with Crippen LogP contribution < -0.4 is 5.32 Å². The Balaban J connectivity index is 2.31. The quantitative estimate of drug-likeness (QED) is 0.640. The summed E-state index contributed by atoms with van der Waals surface area (Å²) in [4.78, 5) is 13.5. The maximum absolute atomic E-state index is 11.2. The number of likely N-dealkylation sites (N-methyl/N-ethyl adjacent to an activating group) is 1. The minimum atomic E-state index is 0.0304. The van der Waals surface area contributed by atoms with Crippen LogP contribution in [0.3, 0.4) is 0 Å². The second-order valence-electron chi connectivity index (χ2n) is 3.61. The van der Waals surface area contributed by atoms with Gasteiger partial charge in [-0.25, -0.2) is 0 Å². The number of nitrogens with zero attached hydrogens (tertiary/aromatic N) is 1. The van der Waals surface area contributed by atoms with Crippen molar-refractivity contribution in [1.82, 2.24) is 10.2 Å². The zero-order chi connectivity index (χ0) is 9.68. The third kappa shape index (κ3) is 3.59. The van der Waals surface area contributed by atoms with Crippen LogP contribution in [0.2, 0.25) is 0 Å². The number of hydrogen-bond donors (Lipinski definition) is 1. The normalized spacial score (nSPS) is 24.9. The molecule has 1 atom stereocenters. The molecule has 1 saturated heterocycles. The van der Waals surface area contributed by atoms with E-state index in [2.05, 4.69) is 17.3 Å². The molecule has 1 fully saturated rings. The monoisotopic (exact) mass is 182 g/mol. The van der Waals surface area contributed by atoms with Crippen molar-refractivity contribution < 1.29 is 4.79 Å². The van der Waals surface area contributed by atoms with Crippen LogP contribution in [-0.4, -0.2) is 37.0 Å². The Morgan fingerprint density at radius 1 is 1.62 bits per heavy atom. The molecule has 3 heteroatoms. The van der Waals surface area contributed by atoms with Crippen molar-refractivity contribution in [1.29, 1.82) is 0 Å². The van der Waals surface area contributed by atoms with Crippen LogP contribution in [0.4, 0.5) is 0 Å². The van der Waals surface area contributed by atoms with Gasteiger partial charge in [0.25, 0.3) is 0 Å². The maximum Gasteiger partial charge on any atom is 0.243 e. The highest BCUT2D eigenvalue weighted by molar-refractivity contribution is 5.87. The van der Waals surface area contributed by atoms with Gasteiger partial charge in [-0.15, -0.1) is 0 Å². The zero-order valence-electron chi connectivity index (χ0n) is 8.42. The molecule has 1 N–H and O–H groups in total. The summed E-state index contributed by atoms with van der Waals surface area (Å²) >= 11 is 0. The van der Waals surface area contributed by atoms with Crippen LogP contribution in [-0.2, 0) is 4.79 Å². The van der Waals surface area contributed by atoms with Crippen molar-refractivity contribution in [3.05, 3.63) is 12.2 Å². The predicted octanol–water partition coefficient (Wildman–Crippen LogP) is 0.773. The van der Waals surface area contributed by atoms with E-state index in [0.29, 0.717) is 6.04 Å². The SMILES string of the molecule is C/C=C/C(=O)NC1CCCN(C)C1. The molecule has 0 radical (unpaired) electrons. The fraction of sp³-hybridized carbons (Fsp3) is 0.700. The molecule has 13 heavy (non-hydrogen) atoms. The molecule has 0 aromatic heterocycles. The van der Waals surface area contributed by atoms with E-state index in [4.69, 9.17) is 0 Å². The summed E-state index contributed by atoms with van der Waals surface area (Å²) < 4.78 is 0. The molecule has 1 aliphatic heterocycles. The fourth-order valence-corrected chi connectivity index (χ4v) is 1.68. The van der Waals surface area contributed by atoms with E-state index in [1.54, 1.807) is 12.2 Å². The molecule has 74 valence electrons. The van der Waals surface area contributed by atoms with E-state index < -0.39 is 0 Å². The summed E-state index contributed by atoms with van der Waals surface area (Å²) in [5.74, 6) is 0.0304. The van der Waals surface area contributed by atoms with Gasteiger partial charge in [-0.3, -0.25) is 4.79 Å². The molecule has 1 heterocycles. The summed E-state index contributed by atoms with van der Waals surface area (Å²) in [6.07, 6.45) is 5.63. The summed E-state index contributed by atoms with van der Waals surface area (Å²) in [7, 11) is 2.09. The van der Waals surface area contributed by atoms with Crippen LogP contribution >= 0.6 is 0 Å². The Kier molecular flexibility index (Phi) is 3.96. The lowest BCUT2D eigenvalue weighted by Gasteiger charge is -2.29. The van der Waals surface area contributed by atoms with Gasteiger partial charge in [0.05, 0.1) is 0 Å². The number of piperidine rings is 1. The average Bonchev–Trinajstić information content (AvgIpc) is 2.04. The molecule has 1 amide bonds. The number of likely N-dealkylation sites (tertiary alicyclic amines) is 1. The second-order valence-corrected chi connectivity index (χ2v) is 3.61. The number of allylic oxidation sites excluding steroid dienone is 1. The van der Waals surface area contributed by atoms with Gasteiger partial charge in [0.15, 0.2) is 0 Å². The molecule has 1 unspecified atom stereocenters. The summed E-state index contributed by atoms with van der Waals surface area (Å²) in [6, 6.07) is 0.336. The maximum atomic E-state index is 11.2. The van der Waals surface area contributed by atoms with Crippen molar-refractivity contribution in [3.8, 4) is 0 Å². The highest BCUT2D eigenvalue weighted by atomic mass is 16.1. The van der Waals surface area contributed by atoms with E-state index in [1.165, 1.54) is 6.42 Å². The first-order valence-corrected chi connectivity index (χ1v) is 4.84. The van der Waals surface area contributed by atoms with E-state index in [9.17, 15) is 4.79 Å². The highest BCUT2D eigenvalue weighted by Crippen LogP contribution is 2.07. The van der Waals surface area contributed by atoms with Gasteiger partial charge in [0.1, 0.15) is 0 Å². The molecule has 0 aromatic carbocycles. The smallest absolute Gasteiger partial charge is 0.243 e. The first-order chi connectivity index (χ1) is 6.22. The van der Waals surface area contributed by atoms with E-state index in [-0.39, 0.29) is 5.91 Å². The van der Waals surface area contributed by atoms with Crippen molar-refractivity contribution >= 4 is 5.91 Å². The van der Waals surface area contributed by atoms with Gasteiger partial charge in [-0.05, 0) is 39.4 Å². The van der Waals surface area contributed by atoms with Crippen molar-refractivity contribution in [2.24, 2.45) is 0 Å². The molecule has 1 aliphatic rings. The molecule has 0 spiro atoms. The lowest BCUT2D eigenvalue weighted by atomic mass is 10.1. The average molecular weight is 182 g/mol. The molecule has 0 saturated carbocycles. The Hall–Kier alpha value is -0.830. The number of nitrogens with one attached hydrogen (secondary N) is 1. The largest absolute Gasteiger partial charge is 0.349 e. The van der Waals surface area contributed by atoms with E-state index >= 15 is 0 Å². The fourth-order valence-electron chi connectivity index (χ4n) is 1.68. The molecule has 0 bridgehead atoms. The zero-order valence-corrected chi connectivity index (χ0v) is 8.42. The third-order valence-electron chi connectivity index (χ3n) is 2.29. The minimum absolute atomic E-state index is 0.0304. The van der Waals surface area contributed by atoms with Crippen molar-refractivity contribution in [3.63, 3.8) is 0 Å². The van der Waals surface area contributed by atoms with Crippen molar-refractivity contribution in [2.45, 2.75) is 25.8 Å². The van der Waals surface area contributed by atoms with E-state index in [0.717, 1.165) is 19.5 Å². The number of hydrogen-bond acceptors (Lipinski definition) is 2. The first kappa shape index (κ1) is 10.3. The third-order valence-corrected chi connectivity index (χ3v) is 2.29. The minimum Gasteiger partial charge on any atom is -0.349 e. The van der Waals surface area contributed by atoms with Crippen LogP contribution in [0.5, 0.6) is 0 Å². The lowest BCUT2D eigenvalue weighted by molar-refractivity contribution is -0.117. The molecular weight excluding hydrogens is 164 g/mol. The van der Waals surface area contributed by atoms with Gasteiger partial charge in [-0.1, -0.05) is 6.08 Å². The number of carbonyl (C=O) groups is 1. The number of rotatable bonds is 2. The summed E-state index contributed by atoms with van der Waals surface area (Å²) in [6.45, 7) is 3.98. The predicted molar refractivity (Wildman–Crippen MR) is 53.5 cm³/mol. The molecule has 3 nitrogen and oxygen atoms in total. The molecule has 0 aliphatic carbocycles. The summed E-state index contributed by atoms with van der Waals surface area (Å²) in [5, 5.41) is 2.98. The molecule has 1 rings (SSSR count). The van der Waals surface area contributed by atoms with Crippen LogP contribution in [0.15, 0.2) is 12.2 Å². The Bertz CT molecular complexity index is 201. The Morgan fingerprint density at radius 3 is 3.00 bits per heavy atom. The Morgan fingerprint density at radius 2 is 2.38 bits per heavy atom. The van der Waals surface area contributed by atoms with Crippen LogP contribution in [0, 0.1) is 0 Å². The molecular formula is C10H18N2O. The van der Waals surface area contributed by atoms with Crippen LogP contribution in [0.25, 0.3) is 0 Å². The second kappa shape index (κ2) is 5.02. The first-order valence-electron chi connectivity index (χ1n) is 4.84. The standard InChI is InChI=1S/C10H18N2O/c1-3-5-10(13)11-9-6-4-7-12(2)8-9/h3,5,9H,4,6-8H2,1-2H3,(H,11,13)/b5-3+.